The fourth-order valence-corrected chi connectivity index (χ4v) is 18.6. The molecule has 0 aliphatic heterocycles. The van der Waals surface area contributed by atoms with Gasteiger partial charge in [0.15, 0.2) is 0 Å². The molecular weight excluding hydrogens is 613 g/mol. The molecular formula is C51H82. The summed E-state index contributed by atoms with van der Waals surface area (Å²) < 4.78 is 0. The van der Waals surface area contributed by atoms with Gasteiger partial charge in [-0.05, 0) is 209 Å². The smallest absolute Gasteiger partial charge is 0.0197 e. The van der Waals surface area contributed by atoms with Crippen molar-refractivity contribution in [1.29, 1.82) is 0 Å². The number of fused-ring (bicyclic) bond motifs is 6. The van der Waals surface area contributed by atoms with Gasteiger partial charge in [-0.3, -0.25) is 0 Å². The van der Waals surface area contributed by atoms with Gasteiger partial charge in [0.1, 0.15) is 0 Å². The molecule has 0 amide bonds. The van der Waals surface area contributed by atoms with E-state index in [4.69, 9.17) is 0 Å². The molecule has 0 radical (unpaired) electrons. The first-order valence-electron chi connectivity index (χ1n) is 25.0. The molecule has 0 heterocycles. The van der Waals surface area contributed by atoms with Crippen LogP contribution < -0.4 is 0 Å². The Labute approximate surface area is 316 Å². The van der Waals surface area contributed by atoms with Crippen LogP contribution in [0.4, 0.5) is 0 Å². The van der Waals surface area contributed by atoms with Gasteiger partial charge >= 0.3 is 0 Å². The van der Waals surface area contributed by atoms with Crippen LogP contribution in [0.1, 0.15) is 199 Å². The largest absolute Gasteiger partial charge is 0.0849 e. The molecule has 10 aliphatic rings. The minimum absolute atomic E-state index is 0.937. The van der Waals surface area contributed by atoms with E-state index >= 15 is 0 Å². The first-order chi connectivity index (χ1) is 25.3. The number of allylic oxidation sites excluding steroid dienone is 2. The maximum atomic E-state index is 2.90. The van der Waals surface area contributed by atoms with Crippen LogP contribution in [0.5, 0.6) is 0 Å². The molecule has 0 saturated heterocycles. The third-order valence-corrected chi connectivity index (χ3v) is 20.4. The second kappa shape index (κ2) is 15.7. The van der Waals surface area contributed by atoms with Gasteiger partial charge in [0, 0.05) is 0 Å². The number of hydrogen-bond acceptors (Lipinski definition) is 0. The molecule has 0 bridgehead atoms. The summed E-state index contributed by atoms with van der Waals surface area (Å²) in [4.78, 5) is 0. The van der Waals surface area contributed by atoms with Crippen LogP contribution in [-0.2, 0) is 0 Å². The van der Waals surface area contributed by atoms with Crippen molar-refractivity contribution in [2.45, 2.75) is 199 Å². The van der Waals surface area contributed by atoms with Crippen LogP contribution in [0.2, 0.25) is 0 Å². The van der Waals surface area contributed by atoms with E-state index in [1.54, 1.807) is 173 Å². The third kappa shape index (κ3) is 6.95. The molecule has 0 aromatic rings. The molecule has 10 rings (SSSR count). The van der Waals surface area contributed by atoms with E-state index in [1.165, 1.54) is 25.7 Å². The van der Waals surface area contributed by atoms with Crippen LogP contribution in [0, 0.1) is 107 Å². The van der Waals surface area contributed by atoms with Gasteiger partial charge < -0.3 is 0 Å². The molecule has 0 aromatic heterocycles. The summed E-state index contributed by atoms with van der Waals surface area (Å²) in [5.74, 6) is 19.4. The Kier molecular flexibility index (Phi) is 10.8. The summed E-state index contributed by atoms with van der Waals surface area (Å²) in [5, 5.41) is 0. The molecule has 0 aromatic carbocycles. The Hall–Kier alpha value is -0.260. The molecule has 51 heavy (non-hydrogen) atoms. The molecule has 15 atom stereocenters. The first kappa shape index (κ1) is 35.2. The van der Waals surface area contributed by atoms with E-state index in [9.17, 15) is 0 Å². The van der Waals surface area contributed by atoms with Gasteiger partial charge in [-0.1, -0.05) is 108 Å². The zero-order valence-corrected chi connectivity index (χ0v) is 33.5. The van der Waals surface area contributed by atoms with E-state index in [0.29, 0.717) is 0 Å². The summed E-state index contributed by atoms with van der Waals surface area (Å²) in [6.45, 7) is 0. The topological polar surface area (TPSA) is 0 Å². The molecule has 9 saturated carbocycles. The highest BCUT2D eigenvalue weighted by Crippen LogP contribution is 2.64. The quantitative estimate of drug-likeness (QED) is 0.251. The highest BCUT2D eigenvalue weighted by molar-refractivity contribution is 5.11. The normalized spacial score (nSPS) is 52.0. The molecule has 0 spiro atoms. The molecule has 9 fully saturated rings. The van der Waals surface area contributed by atoms with E-state index in [2.05, 4.69) is 12.2 Å². The Morgan fingerprint density at radius 1 is 0.275 bits per heavy atom. The fraction of sp³-hybridized carbons (Fsp3) is 0.961. The Morgan fingerprint density at radius 2 is 0.843 bits per heavy atom. The van der Waals surface area contributed by atoms with Crippen molar-refractivity contribution in [1.82, 2.24) is 0 Å². The zero-order valence-electron chi connectivity index (χ0n) is 33.5. The third-order valence-electron chi connectivity index (χ3n) is 20.4. The van der Waals surface area contributed by atoms with Crippen LogP contribution in [-0.4, -0.2) is 0 Å². The summed E-state index contributed by atoms with van der Waals surface area (Å²) in [6, 6.07) is 0. The van der Waals surface area contributed by atoms with E-state index in [-0.39, 0.29) is 0 Å². The predicted octanol–water partition coefficient (Wildman–Crippen LogP) is 14.9. The lowest BCUT2D eigenvalue weighted by atomic mass is 9.44. The van der Waals surface area contributed by atoms with Crippen molar-refractivity contribution in [3.8, 4) is 0 Å². The van der Waals surface area contributed by atoms with Crippen molar-refractivity contribution in [2.75, 3.05) is 0 Å². The Balaban J connectivity index is 0.897. The highest BCUT2D eigenvalue weighted by atomic mass is 14.6. The number of rotatable bonds is 5. The average molecular weight is 695 g/mol. The first-order valence-corrected chi connectivity index (χ1v) is 25.0. The van der Waals surface area contributed by atoms with Crippen LogP contribution >= 0.6 is 0 Å². The lowest BCUT2D eigenvalue weighted by Crippen LogP contribution is -2.54. The molecule has 15 unspecified atom stereocenters. The summed E-state index contributed by atoms with van der Waals surface area (Å²) in [5.41, 5.74) is 0. The van der Waals surface area contributed by atoms with Crippen molar-refractivity contribution in [3.05, 3.63) is 12.2 Å². The monoisotopic (exact) mass is 695 g/mol. The molecule has 0 N–H and O–H groups in total. The maximum Gasteiger partial charge on any atom is -0.0197 e. The van der Waals surface area contributed by atoms with Gasteiger partial charge in [0.05, 0.1) is 0 Å². The Morgan fingerprint density at radius 3 is 1.63 bits per heavy atom. The van der Waals surface area contributed by atoms with Gasteiger partial charge in [-0.2, -0.15) is 0 Å². The van der Waals surface area contributed by atoms with Crippen molar-refractivity contribution in [2.24, 2.45) is 107 Å². The van der Waals surface area contributed by atoms with E-state index < -0.39 is 0 Å². The van der Waals surface area contributed by atoms with Crippen molar-refractivity contribution < 1.29 is 0 Å². The van der Waals surface area contributed by atoms with Crippen LogP contribution in [0.3, 0.4) is 0 Å². The van der Waals surface area contributed by atoms with Crippen molar-refractivity contribution >= 4 is 0 Å². The van der Waals surface area contributed by atoms with Crippen LogP contribution in [0.15, 0.2) is 12.2 Å². The molecule has 286 valence electrons. The SMILES string of the molecule is C1=CC(C2C3CCCCC3C(C3CCC(C4CC5CCCCC5C5CCCCC45)CC3)C3CC(CC4CCCCC4)CCC32)CC2CCCCC12. The van der Waals surface area contributed by atoms with Gasteiger partial charge in [-0.25, -0.2) is 0 Å². The standard InChI is InChI=1S/C51H82/c1-2-12-34(13-3-1)30-35-22-29-47-49(31-35)50(45-20-10-11-21-46(45)51(47)41-28-23-36-14-4-5-15-39(36)32-41)38-26-24-37(25-27-38)48-33-40-16-6-7-17-42(40)43-18-8-9-19-44(43)48/h23,28,34-51H,1-22,24-27,29-33H2. The predicted molar refractivity (Wildman–Crippen MR) is 215 cm³/mol. The molecule has 0 nitrogen and oxygen atoms in total. The van der Waals surface area contributed by atoms with E-state index in [0.717, 1.165) is 107 Å². The average Bonchev–Trinajstić information content (AvgIpc) is 3.20. The lowest BCUT2D eigenvalue weighted by molar-refractivity contribution is -0.119. The maximum absolute atomic E-state index is 2.90. The minimum Gasteiger partial charge on any atom is -0.0849 e. The highest BCUT2D eigenvalue weighted by Gasteiger charge is 2.57. The zero-order chi connectivity index (χ0) is 33.7. The Bertz CT molecular complexity index is 1150. The fourth-order valence-electron chi connectivity index (χ4n) is 18.6. The van der Waals surface area contributed by atoms with Gasteiger partial charge in [0.25, 0.3) is 0 Å². The molecule has 10 aliphatic carbocycles. The summed E-state index contributed by atoms with van der Waals surface area (Å²) in [6.07, 6.45) is 55.1. The van der Waals surface area contributed by atoms with Gasteiger partial charge in [0.2, 0.25) is 0 Å². The van der Waals surface area contributed by atoms with E-state index in [1.807, 2.05) is 0 Å². The summed E-state index contributed by atoms with van der Waals surface area (Å²) in [7, 11) is 0. The van der Waals surface area contributed by atoms with Gasteiger partial charge in [-0.15, -0.1) is 0 Å². The minimum atomic E-state index is 0.937. The van der Waals surface area contributed by atoms with Crippen LogP contribution in [0.25, 0.3) is 0 Å². The summed E-state index contributed by atoms with van der Waals surface area (Å²) >= 11 is 0. The van der Waals surface area contributed by atoms with Crippen molar-refractivity contribution in [3.63, 3.8) is 0 Å². The lowest BCUT2D eigenvalue weighted by Gasteiger charge is -2.61. The second-order valence-corrected chi connectivity index (χ2v) is 22.4. The number of hydrogen-bond donors (Lipinski definition) is 0. The second-order valence-electron chi connectivity index (χ2n) is 22.4. The molecule has 0 heteroatoms.